The third-order valence-electron chi connectivity index (χ3n) is 5.77. The Balaban J connectivity index is 1.39. The van der Waals surface area contributed by atoms with E-state index in [0.29, 0.717) is 29.3 Å². The molecule has 1 atom stereocenters. The summed E-state index contributed by atoms with van der Waals surface area (Å²) in [6, 6.07) is 16.2. The molecule has 31 heavy (non-hydrogen) atoms. The Kier molecular flexibility index (Phi) is 5.19. The summed E-state index contributed by atoms with van der Waals surface area (Å²) in [6.45, 7) is 2.10. The molecule has 0 saturated carbocycles. The average molecular weight is 431 g/mol. The number of nitrogens with zero attached hydrogens (tertiary/aromatic N) is 4. The number of Topliss-reactive ketones (excluding diaryl/α,β-unsaturated/α-hetero) is 1. The Hall–Kier alpha value is -3.19. The van der Waals surface area contributed by atoms with Crippen LogP contribution in [0.25, 0.3) is 5.78 Å². The van der Waals surface area contributed by atoms with Crippen molar-refractivity contribution in [1.82, 2.24) is 19.6 Å². The number of aryl methyl sites for hydroxylation is 1. The lowest BCUT2D eigenvalue weighted by Crippen LogP contribution is -2.21. The van der Waals surface area contributed by atoms with Crippen molar-refractivity contribution in [3.8, 4) is 5.75 Å². The number of carbonyl (C=O) groups is 1. The van der Waals surface area contributed by atoms with Crippen LogP contribution < -0.4 is 4.74 Å². The van der Waals surface area contributed by atoms with Gasteiger partial charge in [0.1, 0.15) is 5.75 Å². The zero-order valence-corrected chi connectivity index (χ0v) is 18.2. The number of benzene rings is 2. The fraction of sp³-hybridized carbons (Fsp3) is 0.250. The zero-order chi connectivity index (χ0) is 21.4. The second kappa shape index (κ2) is 8.15. The van der Waals surface area contributed by atoms with E-state index in [1.165, 1.54) is 11.1 Å². The molecule has 1 aliphatic carbocycles. The first kappa shape index (κ1) is 19.8. The third-order valence-corrected chi connectivity index (χ3v) is 6.65. The molecule has 2 aromatic heterocycles. The van der Waals surface area contributed by atoms with E-state index in [9.17, 15) is 4.79 Å². The van der Waals surface area contributed by atoms with Gasteiger partial charge in [0.15, 0.2) is 5.78 Å². The lowest BCUT2D eigenvalue weighted by atomic mass is 9.82. The van der Waals surface area contributed by atoms with E-state index in [1.54, 1.807) is 29.6 Å². The number of fused-ring (bicyclic) bond motifs is 2. The summed E-state index contributed by atoms with van der Waals surface area (Å²) in [5.41, 5.74) is 5.08. The molecule has 156 valence electrons. The first-order valence-electron chi connectivity index (χ1n) is 10.2. The van der Waals surface area contributed by atoms with Crippen molar-refractivity contribution in [3.05, 3.63) is 82.7 Å². The third kappa shape index (κ3) is 3.93. The highest BCUT2D eigenvalue weighted by Crippen LogP contribution is 2.33. The Labute approximate surface area is 184 Å². The number of hydrogen-bond acceptors (Lipinski definition) is 6. The molecular formula is C24H22N4O2S. The molecule has 1 aliphatic rings. The van der Waals surface area contributed by atoms with Crippen LogP contribution in [0, 0.1) is 6.92 Å². The van der Waals surface area contributed by atoms with E-state index in [0.717, 1.165) is 22.8 Å². The van der Waals surface area contributed by atoms with Crippen LogP contribution in [0.5, 0.6) is 5.75 Å². The molecule has 0 radical (unpaired) electrons. The summed E-state index contributed by atoms with van der Waals surface area (Å²) < 4.78 is 6.87. The molecule has 5 rings (SSSR count). The number of carbonyl (C=O) groups excluding carboxylic acids is 1. The Morgan fingerprint density at radius 1 is 1.10 bits per heavy atom. The van der Waals surface area contributed by atoms with Gasteiger partial charge in [-0.05, 0) is 48.1 Å². The summed E-state index contributed by atoms with van der Waals surface area (Å²) in [5, 5.41) is 5.20. The van der Waals surface area contributed by atoms with Gasteiger partial charge in [-0.1, -0.05) is 48.2 Å². The highest BCUT2D eigenvalue weighted by atomic mass is 32.2. The Bertz CT molecular complexity index is 1270. The topological polar surface area (TPSA) is 69.4 Å². The molecule has 6 nitrogen and oxygen atoms in total. The molecule has 7 heteroatoms. The number of ether oxygens (including phenoxy) is 1. The maximum atomic E-state index is 12.9. The van der Waals surface area contributed by atoms with Gasteiger partial charge in [0.05, 0.1) is 18.4 Å². The van der Waals surface area contributed by atoms with Gasteiger partial charge in [-0.2, -0.15) is 4.98 Å². The van der Waals surface area contributed by atoms with Crippen LogP contribution >= 0.6 is 11.8 Å². The van der Waals surface area contributed by atoms with E-state index in [1.807, 2.05) is 36.4 Å². The van der Waals surface area contributed by atoms with E-state index >= 15 is 0 Å². The molecule has 4 aromatic rings. The van der Waals surface area contributed by atoms with Gasteiger partial charge in [0.25, 0.3) is 5.78 Å². The van der Waals surface area contributed by atoms with Crippen LogP contribution in [0.3, 0.4) is 0 Å². The molecule has 2 aromatic carbocycles. The maximum absolute atomic E-state index is 12.9. The normalized spacial score (nSPS) is 15.8. The van der Waals surface area contributed by atoms with E-state index in [4.69, 9.17) is 9.72 Å². The molecule has 0 spiro atoms. The van der Waals surface area contributed by atoms with Crippen LogP contribution in [0.4, 0.5) is 0 Å². The lowest BCUT2D eigenvalue weighted by molar-refractivity contribution is 0.0962. The number of aromatic nitrogens is 4. The number of thioether (sulfide) groups is 1. The lowest BCUT2D eigenvalue weighted by Gasteiger charge is -2.23. The molecule has 2 heterocycles. The highest BCUT2D eigenvalue weighted by Gasteiger charge is 2.28. The largest absolute Gasteiger partial charge is 0.497 e. The summed E-state index contributed by atoms with van der Waals surface area (Å²) in [6.07, 6.45) is 2.97. The molecule has 0 saturated heterocycles. The van der Waals surface area contributed by atoms with Crippen LogP contribution in [0.15, 0.2) is 59.9 Å². The quantitative estimate of drug-likeness (QED) is 0.430. The SMILES string of the molecule is COc1ccc([C@H]2CC(=O)c3cn4nc(SCc5ccccc5C)nc4nc3C2)cc1. The summed E-state index contributed by atoms with van der Waals surface area (Å²) in [7, 11) is 1.65. The van der Waals surface area contributed by atoms with Crippen LogP contribution in [0.1, 0.15) is 45.1 Å². The van der Waals surface area contributed by atoms with Crippen molar-refractivity contribution in [2.24, 2.45) is 0 Å². The second-order valence-corrected chi connectivity index (χ2v) is 8.70. The molecule has 0 bridgehead atoms. The minimum Gasteiger partial charge on any atom is -0.497 e. The molecule has 0 unspecified atom stereocenters. The Morgan fingerprint density at radius 2 is 1.90 bits per heavy atom. The number of hydrogen-bond donors (Lipinski definition) is 0. The number of ketones is 1. The second-order valence-electron chi connectivity index (χ2n) is 7.76. The average Bonchev–Trinajstić information content (AvgIpc) is 3.19. The zero-order valence-electron chi connectivity index (χ0n) is 17.4. The fourth-order valence-electron chi connectivity index (χ4n) is 3.95. The van der Waals surface area contributed by atoms with E-state index in [2.05, 4.69) is 29.1 Å². The minimum atomic E-state index is 0.0982. The maximum Gasteiger partial charge on any atom is 0.253 e. The summed E-state index contributed by atoms with van der Waals surface area (Å²) in [5.74, 6) is 2.35. The van der Waals surface area contributed by atoms with Crippen molar-refractivity contribution in [3.63, 3.8) is 0 Å². The van der Waals surface area contributed by atoms with Gasteiger partial charge in [-0.15, -0.1) is 5.10 Å². The van der Waals surface area contributed by atoms with Crippen molar-refractivity contribution < 1.29 is 9.53 Å². The minimum absolute atomic E-state index is 0.0982. The van der Waals surface area contributed by atoms with Gasteiger partial charge in [-0.3, -0.25) is 4.79 Å². The van der Waals surface area contributed by atoms with Gasteiger partial charge in [-0.25, -0.2) is 9.50 Å². The summed E-state index contributed by atoms with van der Waals surface area (Å²) >= 11 is 1.58. The molecule has 0 aliphatic heterocycles. The predicted octanol–water partition coefficient (Wildman–Crippen LogP) is 4.65. The van der Waals surface area contributed by atoms with Gasteiger partial charge in [0, 0.05) is 18.4 Å². The van der Waals surface area contributed by atoms with Gasteiger partial charge < -0.3 is 4.74 Å². The molecule has 0 fully saturated rings. The van der Waals surface area contributed by atoms with Crippen LogP contribution in [0.2, 0.25) is 0 Å². The van der Waals surface area contributed by atoms with Crippen molar-refractivity contribution in [1.29, 1.82) is 0 Å². The Morgan fingerprint density at radius 3 is 2.68 bits per heavy atom. The highest BCUT2D eigenvalue weighted by molar-refractivity contribution is 7.98. The number of rotatable bonds is 5. The first-order valence-corrected chi connectivity index (χ1v) is 11.2. The molecule has 0 N–H and O–H groups in total. The van der Waals surface area contributed by atoms with E-state index in [-0.39, 0.29) is 11.7 Å². The first-order chi connectivity index (χ1) is 15.1. The summed E-state index contributed by atoms with van der Waals surface area (Å²) in [4.78, 5) is 22.1. The fourth-order valence-corrected chi connectivity index (χ4v) is 4.85. The molecular weight excluding hydrogens is 408 g/mol. The van der Waals surface area contributed by atoms with Crippen LogP contribution in [-0.4, -0.2) is 32.5 Å². The smallest absolute Gasteiger partial charge is 0.253 e. The standard InChI is InChI=1S/C24H22N4O2S/c1-15-5-3-4-6-17(15)14-31-24-26-23-25-21-11-18(16-7-9-19(30-2)10-8-16)12-22(29)20(21)13-28(23)27-24/h3-10,13,18H,11-12,14H2,1-2H3/t18-/m1/s1. The predicted molar refractivity (Wildman–Crippen MR) is 120 cm³/mol. The van der Waals surface area contributed by atoms with E-state index < -0.39 is 0 Å². The monoisotopic (exact) mass is 430 g/mol. The van der Waals surface area contributed by atoms with Crippen LogP contribution in [-0.2, 0) is 12.2 Å². The van der Waals surface area contributed by atoms with Crippen molar-refractivity contribution >= 4 is 23.3 Å². The molecule has 0 amide bonds. The van der Waals surface area contributed by atoms with Gasteiger partial charge in [0.2, 0.25) is 5.16 Å². The van der Waals surface area contributed by atoms with Crippen molar-refractivity contribution in [2.75, 3.05) is 7.11 Å². The van der Waals surface area contributed by atoms with Gasteiger partial charge >= 0.3 is 0 Å². The number of methoxy groups -OCH3 is 1. The van der Waals surface area contributed by atoms with Crippen molar-refractivity contribution in [2.45, 2.75) is 36.6 Å².